The van der Waals surface area contributed by atoms with Gasteiger partial charge in [0.1, 0.15) is 5.82 Å². The van der Waals surface area contributed by atoms with Gasteiger partial charge in [-0.3, -0.25) is 9.59 Å². The normalized spacial score (nSPS) is 12.0. The van der Waals surface area contributed by atoms with E-state index in [1.54, 1.807) is 18.5 Å². The third-order valence-electron chi connectivity index (χ3n) is 3.36. The van der Waals surface area contributed by atoms with Crippen LogP contribution in [0, 0.1) is 11.6 Å². The van der Waals surface area contributed by atoms with E-state index in [0.29, 0.717) is 17.4 Å². The molecule has 0 aliphatic rings. The molecule has 0 aliphatic carbocycles. The highest BCUT2D eigenvalue weighted by molar-refractivity contribution is 8.00. The third-order valence-corrected chi connectivity index (χ3v) is 4.49. The van der Waals surface area contributed by atoms with Crippen molar-refractivity contribution in [3.8, 4) is 0 Å². The Morgan fingerprint density at radius 3 is 2.68 bits per heavy atom. The maximum atomic E-state index is 13.2. The minimum absolute atomic E-state index is 0.156. The summed E-state index contributed by atoms with van der Waals surface area (Å²) in [5.41, 5.74) is 5.27. The summed E-state index contributed by atoms with van der Waals surface area (Å²) in [6, 6.07) is 3.13. The Hall–Kier alpha value is -2.49. The molecule has 0 spiro atoms. The number of hydrogen-bond acceptors (Lipinski definition) is 5. The predicted molar refractivity (Wildman–Crippen MR) is 88.8 cm³/mol. The first-order valence-corrected chi connectivity index (χ1v) is 8.25. The van der Waals surface area contributed by atoms with Crippen LogP contribution in [0.15, 0.2) is 23.4 Å². The molecular weight excluding hydrogens is 352 g/mol. The van der Waals surface area contributed by atoms with E-state index in [1.807, 2.05) is 0 Å². The lowest BCUT2D eigenvalue weighted by Crippen LogP contribution is -2.23. The van der Waals surface area contributed by atoms with Crippen molar-refractivity contribution in [2.45, 2.75) is 30.2 Å². The van der Waals surface area contributed by atoms with Gasteiger partial charge < -0.3 is 15.6 Å². The standard InChI is InChI=1S/C15H17F2N5O2S/c1-8(14(24)19-9-3-4-10(16)11(17)7-9)25-15-21-20-13(22(15)2)6-5-12(18)23/h3-4,7-8H,5-6H2,1-2H3,(H2,18,23)(H,19,24)/t8-/m1/s1. The molecule has 0 aliphatic heterocycles. The zero-order chi connectivity index (χ0) is 18.6. The van der Waals surface area contributed by atoms with Crippen LogP contribution in [0.3, 0.4) is 0 Å². The number of aromatic nitrogens is 3. The molecule has 1 aromatic carbocycles. The van der Waals surface area contributed by atoms with Crippen molar-refractivity contribution in [2.24, 2.45) is 12.8 Å². The largest absolute Gasteiger partial charge is 0.370 e. The van der Waals surface area contributed by atoms with Crippen molar-refractivity contribution in [3.63, 3.8) is 0 Å². The number of nitrogens with one attached hydrogen (secondary N) is 1. The summed E-state index contributed by atoms with van der Waals surface area (Å²) < 4.78 is 27.8. The molecule has 0 radical (unpaired) electrons. The summed E-state index contributed by atoms with van der Waals surface area (Å²) in [6.07, 6.45) is 0.512. The summed E-state index contributed by atoms with van der Waals surface area (Å²) in [7, 11) is 1.72. The quantitative estimate of drug-likeness (QED) is 0.722. The Morgan fingerprint density at radius 2 is 2.04 bits per heavy atom. The van der Waals surface area contributed by atoms with Gasteiger partial charge in [0, 0.05) is 31.6 Å². The van der Waals surface area contributed by atoms with E-state index in [-0.39, 0.29) is 12.1 Å². The molecule has 1 aromatic heterocycles. The lowest BCUT2D eigenvalue weighted by molar-refractivity contribution is -0.118. The Labute approximate surface area is 147 Å². The van der Waals surface area contributed by atoms with Crippen LogP contribution in [0.5, 0.6) is 0 Å². The SMILES string of the molecule is C[C@@H](Sc1nnc(CCC(N)=O)n1C)C(=O)Nc1ccc(F)c(F)c1. The molecule has 3 N–H and O–H groups in total. The van der Waals surface area contributed by atoms with E-state index < -0.39 is 28.7 Å². The number of halogens is 2. The first kappa shape index (κ1) is 18.8. The van der Waals surface area contributed by atoms with Crippen LogP contribution in [0.1, 0.15) is 19.2 Å². The van der Waals surface area contributed by atoms with Gasteiger partial charge in [-0.25, -0.2) is 8.78 Å². The Morgan fingerprint density at radius 1 is 1.32 bits per heavy atom. The van der Waals surface area contributed by atoms with Crippen molar-refractivity contribution in [1.82, 2.24) is 14.8 Å². The summed E-state index contributed by atoms with van der Waals surface area (Å²) in [5.74, 6) is -2.27. The molecule has 2 aromatic rings. The van der Waals surface area contributed by atoms with Crippen molar-refractivity contribution >= 4 is 29.3 Å². The topological polar surface area (TPSA) is 103 Å². The molecular formula is C15H17F2N5O2S. The number of primary amides is 1. The fourth-order valence-electron chi connectivity index (χ4n) is 1.93. The van der Waals surface area contributed by atoms with Crippen molar-refractivity contribution in [3.05, 3.63) is 35.7 Å². The first-order valence-electron chi connectivity index (χ1n) is 7.37. The number of rotatable bonds is 7. The van der Waals surface area contributed by atoms with Crippen LogP contribution < -0.4 is 11.1 Å². The number of aryl methyl sites for hydroxylation is 1. The highest BCUT2D eigenvalue weighted by Gasteiger charge is 2.19. The molecule has 2 amide bonds. The van der Waals surface area contributed by atoms with Gasteiger partial charge in [-0.05, 0) is 19.1 Å². The number of nitrogens with two attached hydrogens (primary N) is 1. The maximum Gasteiger partial charge on any atom is 0.237 e. The van der Waals surface area contributed by atoms with Crippen molar-refractivity contribution in [1.29, 1.82) is 0 Å². The number of anilines is 1. The van der Waals surface area contributed by atoms with E-state index in [9.17, 15) is 18.4 Å². The zero-order valence-electron chi connectivity index (χ0n) is 13.6. The highest BCUT2D eigenvalue weighted by atomic mass is 32.2. The Balaban J connectivity index is 1.98. The number of hydrogen-bond donors (Lipinski definition) is 2. The van der Waals surface area contributed by atoms with Gasteiger partial charge >= 0.3 is 0 Å². The maximum absolute atomic E-state index is 13.2. The van der Waals surface area contributed by atoms with E-state index in [1.165, 1.54) is 6.07 Å². The van der Waals surface area contributed by atoms with Crippen LogP contribution in [0.25, 0.3) is 0 Å². The summed E-state index contributed by atoms with van der Waals surface area (Å²) in [5, 5.41) is 10.4. The number of benzene rings is 1. The molecule has 0 saturated carbocycles. The van der Waals surface area contributed by atoms with Crippen LogP contribution in [-0.2, 0) is 23.1 Å². The fraction of sp³-hybridized carbons (Fsp3) is 0.333. The van der Waals surface area contributed by atoms with Gasteiger partial charge in [0.25, 0.3) is 0 Å². The van der Waals surface area contributed by atoms with Gasteiger partial charge in [-0.15, -0.1) is 10.2 Å². The van der Waals surface area contributed by atoms with E-state index >= 15 is 0 Å². The van der Waals surface area contributed by atoms with E-state index in [0.717, 1.165) is 23.9 Å². The molecule has 7 nitrogen and oxygen atoms in total. The Bertz CT molecular complexity index is 796. The second-order valence-corrected chi connectivity index (χ2v) is 6.61. The van der Waals surface area contributed by atoms with E-state index in [4.69, 9.17) is 5.73 Å². The molecule has 0 saturated heterocycles. The van der Waals surface area contributed by atoms with E-state index in [2.05, 4.69) is 15.5 Å². The number of thioether (sulfide) groups is 1. The lowest BCUT2D eigenvalue weighted by Gasteiger charge is -2.12. The van der Waals surface area contributed by atoms with Crippen LogP contribution in [0.2, 0.25) is 0 Å². The molecule has 0 fully saturated rings. The number of carbonyl (C=O) groups is 2. The first-order chi connectivity index (χ1) is 11.8. The summed E-state index contributed by atoms with van der Waals surface area (Å²) >= 11 is 1.15. The molecule has 1 heterocycles. The van der Waals surface area contributed by atoms with Crippen LogP contribution in [-0.4, -0.2) is 31.8 Å². The molecule has 2 rings (SSSR count). The van der Waals surface area contributed by atoms with Crippen molar-refractivity contribution < 1.29 is 18.4 Å². The number of carbonyl (C=O) groups excluding carboxylic acids is 2. The molecule has 0 bridgehead atoms. The third kappa shape index (κ3) is 4.99. The summed E-state index contributed by atoms with van der Waals surface area (Å²) in [6.45, 7) is 1.65. The van der Waals surface area contributed by atoms with Gasteiger partial charge in [-0.2, -0.15) is 0 Å². The molecule has 0 unspecified atom stereocenters. The van der Waals surface area contributed by atoms with Gasteiger partial charge in [0.05, 0.1) is 5.25 Å². The van der Waals surface area contributed by atoms with Crippen LogP contribution in [0.4, 0.5) is 14.5 Å². The van der Waals surface area contributed by atoms with Crippen LogP contribution >= 0.6 is 11.8 Å². The second kappa shape index (κ2) is 8.06. The lowest BCUT2D eigenvalue weighted by atomic mass is 10.3. The molecule has 1 atom stereocenters. The smallest absolute Gasteiger partial charge is 0.237 e. The second-order valence-electron chi connectivity index (χ2n) is 5.30. The average Bonchev–Trinajstić information content (AvgIpc) is 2.89. The zero-order valence-corrected chi connectivity index (χ0v) is 14.4. The van der Waals surface area contributed by atoms with Gasteiger partial charge in [-0.1, -0.05) is 11.8 Å². The van der Waals surface area contributed by atoms with Crippen molar-refractivity contribution in [2.75, 3.05) is 5.32 Å². The number of amides is 2. The summed E-state index contributed by atoms with van der Waals surface area (Å²) in [4.78, 5) is 23.0. The number of nitrogens with zero attached hydrogens (tertiary/aromatic N) is 3. The monoisotopic (exact) mass is 369 g/mol. The van der Waals surface area contributed by atoms with Gasteiger partial charge in [0.2, 0.25) is 11.8 Å². The fourth-order valence-corrected chi connectivity index (χ4v) is 2.76. The van der Waals surface area contributed by atoms with Gasteiger partial charge in [0.15, 0.2) is 16.8 Å². The minimum atomic E-state index is -1.04. The predicted octanol–water partition coefficient (Wildman–Crippen LogP) is 1.63. The minimum Gasteiger partial charge on any atom is -0.370 e. The molecule has 25 heavy (non-hydrogen) atoms. The Kier molecular flexibility index (Phi) is 6.07. The highest BCUT2D eigenvalue weighted by Crippen LogP contribution is 2.23. The molecule has 10 heteroatoms. The molecule has 134 valence electrons. The average molecular weight is 369 g/mol.